The van der Waals surface area contributed by atoms with E-state index >= 15 is 0 Å². The largest absolute Gasteiger partial charge is 0.356 e. The highest BCUT2D eigenvalue weighted by atomic mass is 16.1. The van der Waals surface area contributed by atoms with Crippen molar-refractivity contribution < 1.29 is 4.79 Å². The molecule has 0 aliphatic carbocycles. The first-order chi connectivity index (χ1) is 8.52. The van der Waals surface area contributed by atoms with Crippen LogP contribution in [0.25, 0.3) is 0 Å². The van der Waals surface area contributed by atoms with Crippen LogP contribution in [0.5, 0.6) is 0 Å². The van der Waals surface area contributed by atoms with Crippen LogP contribution < -0.4 is 11.1 Å². The van der Waals surface area contributed by atoms with Gasteiger partial charge < -0.3 is 16.0 Å². The fourth-order valence-electron chi connectivity index (χ4n) is 2.54. The average molecular weight is 255 g/mol. The van der Waals surface area contributed by atoms with Crippen molar-refractivity contribution in [3.05, 3.63) is 0 Å². The smallest absolute Gasteiger partial charge is 0.221 e. The first kappa shape index (κ1) is 15.4. The minimum absolute atomic E-state index is 0.0192. The zero-order valence-corrected chi connectivity index (χ0v) is 12.1. The van der Waals surface area contributed by atoms with Gasteiger partial charge in [0.1, 0.15) is 0 Å². The van der Waals surface area contributed by atoms with Gasteiger partial charge in [0.25, 0.3) is 0 Å². The van der Waals surface area contributed by atoms with Gasteiger partial charge in [-0.05, 0) is 39.2 Å². The molecular formula is C14H29N3O. The number of carbonyl (C=O) groups is 1. The number of nitrogens with zero attached hydrogens (tertiary/aromatic N) is 1. The molecular weight excluding hydrogens is 226 g/mol. The van der Waals surface area contributed by atoms with Crippen LogP contribution in [0.15, 0.2) is 0 Å². The number of hydrogen-bond acceptors (Lipinski definition) is 3. The van der Waals surface area contributed by atoms with Gasteiger partial charge in [0.15, 0.2) is 0 Å². The Bertz CT molecular complexity index is 255. The molecule has 1 fully saturated rings. The van der Waals surface area contributed by atoms with Gasteiger partial charge >= 0.3 is 0 Å². The van der Waals surface area contributed by atoms with Crippen LogP contribution in [-0.4, -0.2) is 42.5 Å². The average Bonchev–Trinajstić information content (AvgIpc) is 2.75. The second-order valence-corrected chi connectivity index (χ2v) is 5.80. The molecule has 1 aliphatic heterocycles. The lowest BCUT2D eigenvalue weighted by Crippen LogP contribution is -2.35. The molecule has 3 N–H and O–H groups in total. The van der Waals surface area contributed by atoms with E-state index in [9.17, 15) is 4.79 Å². The molecule has 4 nitrogen and oxygen atoms in total. The van der Waals surface area contributed by atoms with Crippen molar-refractivity contribution in [2.24, 2.45) is 11.7 Å². The lowest BCUT2D eigenvalue weighted by Gasteiger charge is -2.20. The maximum Gasteiger partial charge on any atom is 0.221 e. The Morgan fingerprint density at radius 3 is 2.78 bits per heavy atom. The topological polar surface area (TPSA) is 58.4 Å². The maximum atomic E-state index is 11.7. The van der Waals surface area contributed by atoms with Crippen molar-refractivity contribution >= 4 is 5.91 Å². The first-order valence-corrected chi connectivity index (χ1v) is 7.29. The summed E-state index contributed by atoms with van der Waals surface area (Å²) in [7, 11) is 0. The van der Waals surface area contributed by atoms with E-state index in [0.29, 0.717) is 18.4 Å². The van der Waals surface area contributed by atoms with Crippen LogP contribution in [0, 0.1) is 5.92 Å². The van der Waals surface area contributed by atoms with Gasteiger partial charge in [-0.2, -0.15) is 0 Å². The molecule has 4 heteroatoms. The summed E-state index contributed by atoms with van der Waals surface area (Å²) in [5.74, 6) is 0.720. The van der Waals surface area contributed by atoms with E-state index in [1.54, 1.807) is 0 Å². The van der Waals surface area contributed by atoms with Gasteiger partial charge in [-0.15, -0.1) is 0 Å². The standard InChI is InChI=1S/C14H29N3O/c1-4-5-13(15)8-14(18)16-9-12-6-7-17(10-12)11(2)3/h11-13H,4-10,15H2,1-3H3,(H,16,18). The first-order valence-electron chi connectivity index (χ1n) is 7.29. The molecule has 1 saturated heterocycles. The highest BCUT2D eigenvalue weighted by Gasteiger charge is 2.24. The number of nitrogens with one attached hydrogen (secondary N) is 1. The van der Waals surface area contributed by atoms with Crippen molar-refractivity contribution in [3.8, 4) is 0 Å². The summed E-state index contributed by atoms with van der Waals surface area (Å²) in [6.07, 6.45) is 3.63. The van der Waals surface area contributed by atoms with Crippen LogP contribution in [0.4, 0.5) is 0 Å². The summed E-state index contributed by atoms with van der Waals surface area (Å²) in [4.78, 5) is 14.2. The fraction of sp³-hybridized carbons (Fsp3) is 0.929. The minimum atomic E-state index is 0.0192. The molecule has 1 aliphatic rings. The van der Waals surface area contributed by atoms with Crippen molar-refractivity contribution in [2.45, 2.75) is 58.5 Å². The Kier molecular flexibility index (Phi) is 6.65. The summed E-state index contributed by atoms with van der Waals surface area (Å²) in [6, 6.07) is 0.634. The number of likely N-dealkylation sites (tertiary alicyclic amines) is 1. The Labute approximate surface area is 111 Å². The Morgan fingerprint density at radius 2 is 2.22 bits per heavy atom. The molecule has 1 amide bonds. The molecule has 0 aromatic rings. The molecule has 106 valence electrons. The van der Waals surface area contributed by atoms with E-state index in [2.05, 4.69) is 31.0 Å². The monoisotopic (exact) mass is 255 g/mol. The SMILES string of the molecule is CCCC(N)CC(=O)NCC1CCN(C(C)C)C1. The summed E-state index contributed by atoms with van der Waals surface area (Å²) >= 11 is 0. The van der Waals surface area contributed by atoms with Crippen molar-refractivity contribution in [3.63, 3.8) is 0 Å². The molecule has 0 aromatic heterocycles. The molecule has 0 radical (unpaired) electrons. The van der Waals surface area contributed by atoms with Crippen LogP contribution >= 0.6 is 0 Å². The molecule has 0 bridgehead atoms. The van der Waals surface area contributed by atoms with Gasteiger partial charge in [0.2, 0.25) is 5.91 Å². The van der Waals surface area contributed by atoms with Gasteiger partial charge in [-0.3, -0.25) is 4.79 Å². The third kappa shape index (κ3) is 5.36. The van der Waals surface area contributed by atoms with Gasteiger partial charge in [0.05, 0.1) is 0 Å². The molecule has 0 aromatic carbocycles. The second-order valence-electron chi connectivity index (χ2n) is 5.80. The fourth-order valence-corrected chi connectivity index (χ4v) is 2.54. The minimum Gasteiger partial charge on any atom is -0.356 e. The van der Waals surface area contributed by atoms with Crippen molar-refractivity contribution in [1.82, 2.24) is 10.2 Å². The number of hydrogen-bond donors (Lipinski definition) is 2. The van der Waals surface area contributed by atoms with E-state index in [1.807, 2.05) is 0 Å². The third-order valence-electron chi connectivity index (χ3n) is 3.74. The van der Waals surface area contributed by atoms with Crippen LogP contribution in [0.1, 0.15) is 46.5 Å². The van der Waals surface area contributed by atoms with E-state index < -0.39 is 0 Å². The zero-order chi connectivity index (χ0) is 13.5. The number of carbonyl (C=O) groups excluding carboxylic acids is 1. The lowest BCUT2D eigenvalue weighted by atomic mass is 10.1. The highest BCUT2D eigenvalue weighted by molar-refractivity contribution is 5.76. The number of nitrogens with two attached hydrogens (primary N) is 1. The van der Waals surface area contributed by atoms with Crippen molar-refractivity contribution in [2.75, 3.05) is 19.6 Å². The predicted molar refractivity (Wildman–Crippen MR) is 75.3 cm³/mol. The Balaban J connectivity index is 2.16. The molecule has 1 rings (SSSR count). The van der Waals surface area contributed by atoms with Crippen LogP contribution in [-0.2, 0) is 4.79 Å². The quantitative estimate of drug-likeness (QED) is 0.722. The lowest BCUT2D eigenvalue weighted by molar-refractivity contribution is -0.121. The van der Waals surface area contributed by atoms with E-state index in [1.165, 1.54) is 6.42 Å². The second kappa shape index (κ2) is 7.74. The number of rotatable bonds is 7. The molecule has 2 atom stereocenters. The molecule has 18 heavy (non-hydrogen) atoms. The predicted octanol–water partition coefficient (Wildman–Crippen LogP) is 1.35. The molecule has 1 heterocycles. The maximum absolute atomic E-state index is 11.7. The van der Waals surface area contributed by atoms with E-state index in [-0.39, 0.29) is 11.9 Å². The summed E-state index contributed by atoms with van der Waals surface area (Å²) in [6.45, 7) is 9.62. The Morgan fingerprint density at radius 1 is 1.50 bits per heavy atom. The number of amides is 1. The van der Waals surface area contributed by atoms with Crippen LogP contribution in [0.3, 0.4) is 0 Å². The van der Waals surface area contributed by atoms with E-state index in [4.69, 9.17) is 5.73 Å². The van der Waals surface area contributed by atoms with Gasteiger partial charge in [-0.1, -0.05) is 13.3 Å². The Hall–Kier alpha value is -0.610. The summed E-state index contributed by atoms with van der Waals surface area (Å²) < 4.78 is 0. The molecule has 0 saturated carbocycles. The molecule has 0 spiro atoms. The van der Waals surface area contributed by atoms with Crippen molar-refractivity contribution in [1.29, 1.82) is 0 Å². The summed E-state index contributed by atoms with van der Waals surface area (Å²) in [5.41, 5.74) is 5.86. The van der Waals surface area contributed by atoms with Gasteiger partial charge in [0, 0.05) is 31.6 Å². The molecule has 2 unspecified atom stereocenters. The van der Waals surface area contributed by atoms with Crippen LogP contribution in [0.2, 0.25) is 0 Å². The normalized spacial score (nSPS) is 22.4. The van der Waals surface area contributed by atoms with E-state index in [0.717, 1.165) is 32.5 Å². The summed E-state index contributed by atoms with van der Waals surface area (Å²) in [5, 5.41) is 3.03. The zero-order valence-electron chi connectivity index (χ0n) is 12.1. The highest BCUT2D eigenvalue weighted by Crippen LogP contribution is 2.17. The third-order valence-corrected chi connectivity index (χ3v) is 3.74. The van der Waals surface area contributed by atoms with Gasteiger partial charge in [-0.25, -0.2) is 0 Å².